The molecule has 152 valence electrons. The molecule has 0 spiro atoms. The molecular formula is C22H27N5O2. The van der Waals surface area contributed by atoms with Crippen LogP contribution in [-0.2, 0) is 29.0 Å². The highest BCUT2D eigenvalue weighted by molar-refractivity contribution is 5.79. The monoisotopic (exact) mass is 393 g/mol. The van der Waals surface area contributed by atoms with E-state index in [0.29, 0.717) is 31.8 Å². The van der Waals surface area contributed by atoms with Gasteiger partial charge in [-0.05, 0) is 18.4 Å². The van der Waals surface area contributed by atoms with Crippen molar-refractivity contribution in [2.75, 3.05) is 25.5 Å². The molecule has 0 saturated carbocycles. The fraction of sp³-hybridized carbons (Fsp3) is 0.455. The molecule has 0 bridgehead atoms. The maximum Gasteiger partial charge on any atom is 0.227 e. The molecule has 0 radical (unpaired) electrons. The second-order valence-electron chi connectivity index (χ2n) is 7.70. The van der Waals surface area contributed by atoms with E-state index >= 15 is 0 Å². The summed E-state index contributed by atoms with van der Waals surface area (Å²) < 4.78 is 0. The number of anilines is 1. The Balaban J connectivity index is 1.59. The lowest BCUT2D eigenvalue weighted by Gasteiger charge is -2.30. The van der Waals surface area contributed by atoms with Gasteiger partial charge in [0.05, 0.1) is 24.7 Å². The van der Waals surface area contributed by atoms with Crippen LogP contribution >= 0.6 is 0 Å². The summed E-state index contributed by atoms with van der Waals surface area (Å²) in [7, 11) is 1.84. The van der Waals surface area contributed by atoms with E-state index in [9.17, 15) is 9.59 Å². The number of aromatic nitrogens is 2. The van der Waals surface area contributed by atoms with Crippen LogP contribution in [0.15, 0.2) is 30.3 Å². The molecule has 1 aromatic carbocycles. The van der Waals surface area contributed by atoms with Gasteiger partial charge in [-0.15, -0.1) is 0 Å². The van der Waals surface area contributed by atoms with E-state index < -0.39 is 0 Å². The van der Waals surface area contributed by atoms with E-state index in [0.717, 1.165) is 42.0 Å². The molecule has 7 heteroatoms. The molecule has 1 saturated heterocycles. The van der Waals surface area contributed by atoms with Gasteiger partial charge in [0.2, 0.25) is 11.8 Å². The molecule has 1 fully saturated rings. The van der Waals surface area contributed by atoms with Crippen LogP contribution < -0.4 is 5.32 Å². The number of benzene rings is 1. The first-order chi connectivity index (χ1) is 14.1. The highest BCUT2D eigenvalue weighted by atomic mass is 16.2. The SMILES string of the molecule is CNc1nc([C@@H]2CCCN2C(=O)Cc2ccccc2)nc2c1CN(C(C)=O)CC2. The van der Waals surface area contributed by atoms with Crippen molar-refractivity contribution in [3.8, 4) is 0 Å². The first-order valence-corrected chi connectivity index (χ1v) is 10.2. The van der Waals surface area contributed by atoms with Gasteiger partial charge < -0.3 is 15.1 Å². The molecule has 2 aliphatic heterocycles. The minimum atomic E-state index is -0.0885. The first-order valence-electron chi connectivity index (χ1n) is 10.2. The lowest BCUT2D eigenvalue weighted by molar-refractivity contribution is -0.132. The Morgan fingerprint density at radius 1 is 1.17 bits per heavy atom. The maximum atomic E-state index is 13.0. The molecule has 0 aliphatic carbocycles. The summed E-state index contributed by atoms with van der Waals surface area (Å²) in [5.41, 5.74) is 2.99. The van der Waals surface area contributed by atoms with Crippen LogP contribution in [0, 0.1) is 0 Å². The van der Waals surface area contributed by atoms with Gasteiger partial charge in [-0.3, -0.25) is 9.59 Å². The molecule has 1 aromatic heterocycles. The van der Waals surface area contributed by atoms with Gasteiger partial charge >= 0.3 is 0 Å². The first kappa shape index (κ1) is 19.4. The molecule has 29 heavy (non-hydrogen) atoms. The molecule has 0 unspecified atom stereocenters. The molecule has 2 aliphatic rings. The fourth-order valence-electron chi connectivity index (χ4n) is 4.26. The number of nitrogens with one attached hydrogen (secondary N) is 1. The van der Waals surface area contributed by atoms with Gasteiger partial charge in [-0.25, -0.2) is 9.97 Å². The van der Waals surface area contributed by atoms with Crippen molar-refractivity contribution in [3.63, 3.8) is 0 Å². The normalized spacial score (nSPS) is 18.5. The molecule has 2 aromatic rings. The Labute approximate surface area is 171 Å². The van der Waals surface area contributed by atoms with Crippen molar-refractivity contribution in [1.82, 2.24) is 19.8 Å². The van der Waals surface area contributed by atoms with Crippen LogP contribution in [0.3, 0.4) is 0 Å². The third kappa shape index (κ3) is 3.95. The van der Waals surface area contributed by atoms with Crippen molar-refractivity contribution in [2.45, 2.75) is 45.2 Å². The van der Waals surface area contributed by atoms with Crippen molar-refractivity contribution < 1.29 is 9.59 Å². The smallest absolute Gasteiger partial charge is 0.227 e. The minimum absolute atomic E-state index is 0.0651. The van der Waals surface area contributed by atoms with Crippen molar-refractivity contribution in [1.29, 1.82) is 0 Å². The molecule has 4 rings (SSSR count). The van der Waals surface area contributed by atoms with Gasteiger partial charge in [0.25, 0.3) is 0 Å². The quantitative estimate of drug-likeness (QED) is 0.863. The number of hydrogen-bond acceptors (Lipinski definition) is 5. The number of likely N-dealkylation sites (tertiary alicyclic amines) is 1. The van der Waals surface area contributed by atoms with Gasteiger partial charge in [-0.1, -0.05) is 30.3 Å². The topological polar surface area (TPSA) is 78.4 Å². The van der Waals surface area contributed by atoms with E-state index in [-0.39, 0.29) is 17.9 Å². The number of fused-ring (bicyclic) bond motifs is 1. The second-order valence-corrected chi connectivity index (χ2v) is 7.70. The van der Waals surface area contributed by atoms with Gasteiger partial charge in [-0.2, -0.15) is 0 Å². The second kappa shape index (κ2) is 8.19. The number of carbonyl (C=O) groups excluding carboxylic acids is 2. The van der Waals surface area contributed by atoms with Gasteiger partial charge in [0.1, 0.15) is 5.82 Å². The van der Waals surface area contributed by atoms with Crippen LogP contribution in [0.5, 0.6) is 0 Å². The van der Waals surface area contributed by atoms with Crippen LogP contribution in [0.1, 0.15) is 48.5 Å². The number of amides is 2. The Bertz CT molecular complexity index is 898. The Morgan fingerprint density at radius 3 is 2.69 bits per heavy atom. The third-order valence-electron chi connectivity index (χ3n) is 5.83. The number of hydrogen-bond donors (Lipinski definition) is 1. The fourth-order valence-corrected chi connectivity index (χ4v) is 4.26. The molecule has 3 heterocycles. The predicted molar refractivity (Wildman–Crippen MR) is 110 cm³/mol. The van der Waals surface area contributed by atoms with Gasteiger partial charge in [0.15, 0.2) is 5.82 Å². The number of carbonyl (C=O) groups is 2. The Morgan fingerprint density at radius 2 is 1.97 bits per heavy atom. The van der Waals surface area contributed by atoms with Crippen LogP contribution in [-0.4, -0.2) is 51.7 Å². The Kier molecular flexibility index (Phi) is 5.47. The van der Waals surface area contributed by atoms with E-state index in [1.54, 1.807) is 6.92 Å². The van der Waals surface area contributed by atoms with E-state index in [4.69, 9.17) is 9.97 Å². The van der Waals surface area contributed by atoms with E-state index in [1.807, 2.05) is 47.2 Å². The standard InChI is InChI=1S/C22H27N5O2/c1-15(28)26-12-10-18-17(14-26)21(23-2)25-22(24-18)19-9-6-11-27(19)20(29)13-16-7-4-3-5-8-16/h3-5,7-8,19H,6,9-14H2,1-2H3,(H,23,24,25)/t19-/m0/s1. The number of rotatable bonds is 4. The Hall–Kier alpha value is -2.96. The van der Waals surface area contributed by atoms with E-state index in [1.165, 1.54) is 0 Å². The van der Waals surface area contributed by atoms with Crippen LogP contribution in [0.25, 0.3) is 0 Å². The zero-order valence-corrected chi connectivity index (χ0v) is 17.0. The summed E-state index contributed by atoms with van der Waals surface area (Å²) >= 11 is 0. The lowest BCUT2D eigenvalue weighted by Crippen LogP contribution is -2.36. The average molecular weight is 393 g/mol. The summed E-state index contributed by atoms with van der Waals surface area (Å²) in [4.78, 5) is 38.1. The lowest BCUT2D eigenvalue weighted by atomic mass is 10.0. The zero-order valence-electron chi connectivity index (χ0n) is 17.0. The zero-order chi connectivity index (χ0) is 20.4. The molecule has 1 atom stereocenters. The summed E-state index contributed by atoms with van der Waals surface area (Å²) in [6, 6.07) is 9.76. The summed E-state index contributed by atoms with van der Waals surface area (Å²) in [6.07, 6.45) is 2.94. The predicted octanol–water partition coefficient (Wildman–Crippen LogP) is 2.33. The minimum Gasteiger partial charge on any atom is -0.373 e. The maximum absolute atomic E-state index is 13.0. The third-order valence-corrected chi connectivity index (χ3v) is 5.83. The summed E-state index contributed by atoms with van der Waals surface area (Å²) in [5.74, 6) is 1.66. The largest absolute Gasteiger partial charge is 0.373 e. The highest BCUT2D eigenvalue weighted by Crippen LogP contribution is 2.33. The molecular weight excluding hydrogens is 366 g/mol. The highest BCUT2D eigenvalue weighted by Gasteiger charge is 2.33. The van der Waals surface area contributed by atoms with Crippen LogP contribution in [0.2, 0.25) is 0 Å². The van der Waals surface area contributed by atoms with Crippen molar-refractivity contribution >= 4 is 17.6 Å². The van der Waals surface area contributed by atoms with Crippen LogP contribution in [0.4, 0.5) is 5.82 Å². The average Bonchev–Trinajstić information content (AvgIpc) is 3.23. The molecule has 1 N–H and O–H groups in total. The number of nitrogens with zero attached hydrogens (tertiary/aromatic N) is 4. The summed E-state index contributed by atoms with van der Waals surface area (Å²) in [5, 5.41) is 3.17. The van der Waals surface area contributed by atoms with E-state index in [2.05, 4.69) is 5.32 Å². The molecule has 2 amide bonds. The van der Waals surface area contributed by atoms with Gasteiger partial charge in [0, 0.05) is 39.0 Å². The van der Waals surface area contributed by atoms with Crippen molar-refractivity contribution in [2.24, 2.45) is 0 Å². The summed E-state index contributed by atoms with van der Waals surface area (Å²) in [6.45, 7) is 3.53. The van der Waals surface area contributed by atoms with Crippen molar-refractivity contribution in [3.05, 3.63) is 53.0 Å². The molecule has 7 nitrogen and oxygen atoms in total.